The molecular formula is C22H20FN3O. The normalized spacial score (nSPS) is 12.3. The van der Waals surface area contributed by atoms with Crippen molar-refractivity contribution < 1.29 is 9.13 Å². The van der Waals surface area contributed by atoms with Crippen molar-refractivity contribution in [2.45, 2.75) is 13.0 Å². The largest absolute Gasteiger partial charge is 0.493 e. The molecule has 2 N–H and O–H groups in total. The SMILES string of the molecule is COc1c(F)cccc1-c1cccc(-n2cnc3cc(C(C)N)ccc32)c1. The van der Waals surface area contributed by atoms with Gasteiger partial charge in [0.25, 0.3) is 0 Å². The molecule has 0 aliphatic rings. The van der Waals surface area contributed by atoms with E-state index in [4.69, 9.17) is 10.5 Å². The quantitative estimate of drug-likeness (QED) is 0.565. The first kappa shape index (κ1) is 17.2. The van der Waals surface area contributed by atoms with E-state index in [0.717, 1.165) is 27.8 Å². The summed E-state index contributed by atoms with van der Waals surface area (Å²) in [5.74, 6) is -0.136. The number of hydrogen-bond donors (Lipinski definition) is 1. The second kappa shape index (κ2) is 6.85. The minimum absolute atomic E-state index is 0.0386. The summed E-state index contributed by atoms with van der Waals surface area (Å²) >= 11 is 0. The zero-order valence-electron chi connectivity index (χ0n) is 15.2. The fourth-order valence-electron chi connectivity index (χ4n) is 3.29. The highest BCUT2D eigenvalue weighted by Crippen LogP contribution is 2.33. The predicted octanol–water partition coefficient (Wildman–Crippen LogP) is 4.86. The molecule has 1 aromatic heterocycles. The van der Waals surface area contributed by atoms with Gasteiger partial charge >= 0.3 is 0 Å². The Balaban J connectivity index is 1.82. The molecule has 1 unspecified atom stereocenters. The van der Waals surface area contributed by atoms with Gasteiger partial charge in [0.2, 0.25) is 0 Å². The maximum Gasteiger partial charge on any atom is 0.165 e. The van der Waals surface area contributed by atoms with Gasteiger partial charge in [0, 0.05) is 17.3 Å². The molecular weight excluding hydrogens is 341 g/mol. The zero-order chi connectivity index (χ0) is 19.0. The molecule has 0 saturated heterocycles. The summed E-state index contributed by atoms with van der Waals surface area (Å²) in [4.78, 5) is 4.51. The van der Waals surface area contributed by atoms with Gasteiger partial charge in [-0.3, -0.25) is 4.57 Å². The number of rotatable bonds is 4. The lowest BCUT2D eigenvalue weighted by Gasteiger charge is -2.12. The van der Waals surface area contributed by atoms with E-state index >= 15 is 0 Å². The minimum Gasteiger partial charge on any atom is -0.493 e. The average molecular weight is 361 g/mol. The zero-order valence-corrected chi connectivity index (χ0v) is 15.2. The van der Waals surface area contributed by atoms with Crippen molar-refractivity contribution in [2.75, 3.05) is 7.11 Å². The molecule has 0 spiro atoms. The van der Waals surface area contributed by atoms with Gasteiger partial charge in [-0.15, -0.1) is 0 Å². The van der Waals surface area contributed by atoms with Crippen molar-refractivity contribution in [2.24, 2.45) is 5.73 Å². The second-order valence-electron chi connectivity index (χ2n) is 6.52. The van der Waals surface area contributed by atoms with Gasteiger partial charge in [0.05, 0.1) is 18.1 Å². The molecule has 27 heavy (non-hydrogen) atoms. The third-order valence-electron chi connectivity index (χ3n) is 4.70. The number of benzene rings is 3. The van der Waals surface area contributed by atoms with Crippen LogP contribution in [-0.4, -0.2) is 16.7 Å². The number of nitrogens with zero attached hydrogens (tertiary/aromatic N) is 2. The van der Waals surface area contributed by atoms with Crippen LogP contribution in [0.25, 0.3) is 27.8 Å². The number of halogens is 1. The van der Waals surface area contributed by atoms with Gasteiger partial charge in [0.15, 0.2) is 11.6 Å². The Labute approximate surface area is 157 Å². The first-order valence-corrected chi connectivity index (χ1v) is 8.74. The van der Waals surface area contributed by atoms with Crippen LogP contribution < -0.4 is 10.5 Å². The van der Waals surface area contributed by atoms with Crippen LogP contribution in [0.1, 0.15) is 18.5 Å². The highest BCUT2D eigenvalue weighted by molar-refractivity contribution is 5.79. The van der Waals surface area contributed by atoms with Crippen LogP contribution in [-0.2, 0) is 0 Å². The summed E-state index contributed by atoms with van der Waals surface area (Å²) in [7, 11) is 1.48. The molecule has 0 aliphatic heterocycles. The molecule has 1 atom stereocenters. The molecule has 4 nitrogen and oxygen atoms in total. The van der Waals surface area contributed by atoms with Crippen LogP contribution >= 0.6 is 0 Å². The van der Waals surface area contributed by atoms with Gasteiger partial charge in [-0.05, 0) is 48.4 Å². The Hall–Kier alpha value is -3.18. The van der Waals surface area contributed by atoms with E-state index in [0.29, 0.717) is 5.56 Å². The van der Waals surface area contributed by atoms with Crippen molar-refractivity contribution in [1.29, 1.82) is 0 Å². The van der Waals surface area contributed by atoms with Gasteiger partial charge in [-0.2, -0.15) is 0 Å². The van der Waals surface area contributed by atoms with Crippen molar-refractivity contribution >= 4 is 11.0 Å². The monoisotopic (exact) mass is 361 g/mol. The lowest BCUT2D eigenvalue weighted by Crippen LogP contribution is -2.04. The second-order valence-corrected chi connectivity index (χ2v) is 6.52. The molecule has 0 aliphatic carbocycles. The number of para-hydroxylation sites is 1. The number of ether oxygens (including phenoxy) is 1. The number of hydrogen-bond acceptors (Lipinski definition) is 3. The van der Waals surface area contributed by atoms with Gasteiger partial charge < -0.3 is 10.5 Å². The maximum atomic E-state index is 14.1. The van der Waals surface area contributed by atoms with E-state index in [-0.39, 0.29) is 17.6 Å². The molecule has 0 fully saturated rings. The lowest BCUT2D eigenvalue weighted by molar-refractivity contribution is 0.388. The average Bonchev–Trinajstić information content (AvgIpc) is 3.11. The fraction of sp³-hybridized carbons (Fsp3) is 0.136. The van der Waals surface area contributed by atoms with Crippen molar-refractivity contribution in [3.8, 4) is 22.6 Å². The number of nitrogens with two attached hydrogens (primary N) is 1. The molecule has 1 heterocycles. The molecule has 0 saturated carbocycles. The predicted molar refractivity (Wildman–Crippen MR) is 106 cm³/mol. The summed E-state index contributed by atoms with van der Waals surface area (Å²) in [5, 5.41) is 0. The Morgan fingerprint density at radius 1 is 1.07 bits per heavy atom. The van der Waals surface area contributed by atoms with Crippen LogP contribution in [0, 0.1) is 5.82 Å². The van der Waals surface area contributed by atoms with Crippen LogP contribution in [0.5, 0.6) is 5.75 Å². The van der Waals surface area contributed by atoms with Crippen LogP contribution in [0.2, 0.25) is 0 Å². The third kappa shape index (κ3) is 3.06. The molecule has 4 rings (SSSR count). The molecule has 5 heteroatoms. The maximum absolute atomic E-state index is 14.1. The van der Waals surface area contributed by atoms with E-state index in [1.807, 2.05) is 60.0 Å². The molecule has 0 radical (unpaired) electrons. The van der Waals surface area contributed by atoms with E-state index in [2.05, 4.69) is 4.98 Å². The molecule has 0 amide bonds. The number of aromatic nitrogens is 2. The Kier molecular flexibility index (Phi) is 4.38. The van der Waals surface area contributed by atoms with Crippen LogP contribution in [0.4, 0.5) is 4.39 Å². The van der Waals surface area contributed by atoms with Gasteiger partial charge in [0.1, 0.15) is 6.33 Å². The van der Waals surface area contributed by atoms with Gasteiger partial charge in [-0.1, -0.05) is 30.3 Å². The molecule has 0 bridgehead atoms. The van der Waals surface area contributed by atoms with E-state index in [9.17, 15) is 4.39 Å². The van der Waals surface area contributed by atoms with Crippen molar-refractivity contribution in [3.05, 3.63) is 78.4 Å². The minimum atomic E-state index is -0.378. The number of methoxy groups -OCH3 is 1. The van der Waals surface area contributed by atoms with Crippen LogP contribution in [0.3, 0.4) is 0 Å². The Morgan fingerprint density at radius 3 is 2.67 bits per heavy atom. The van der Waals surface area contributed by atoms with E-state index in [1.54, 1.807) is 12.4 Å². The Morgan fingerprint density at radius 2 is 1.89 bits per heavy atom. The van der Waals surface area contributed by atoms with E-state index in [1.165, 1.54) is 13.2 Å². The van der Waals surface area contributed by atoms with Crippen molar-refractivity contribution in [3.63, 3.8) is 0 Å². The third-order valence-corrected chi connectivity index (χ3v) is 4.70. The molecule has 4 aromatic rings. The standard InChI is InChI=1S/C22H20FN3O/c1-14(24)15-9-10-21-20(12-15)25-13-26(21)17-6-3-5-16(11-17)18-7-4-8-19(23)22(18)27-2/h3-14H,24H2,1-2H3. The Bertz CT molecular complexity index is 1120. The smallest absolute Gasteiger partial charge is 0.165 e. The highest BCUT2D eigenvalue weighted by atomic mass is 19.1. The topological polar surface area (TPSA) is 53.1 Å². The fourth-order valence-corrected chi connectivity index (χ4v) is 3.29. The van der Waals surface area contributed by atoms with Crippen molar-refractivity contribution in [1.82, 2.24) is 9.55 Å². The summed E-state index contributed by atoms with van der Waals surface area (Å²) < 4.78 is 21.3. The number of imidazole rings is 1. The summed E-state index contributed by atoms with van der Waals surface area (Å²) in [6, 6.07) is 18.8. The molecule has 3 aromatic carbocycles. The summed E-state index contributed by atoms with van der Waals surface area (Å²) in [6.07, 6.45) is 1.79. The molecule has 136 valence electrons. The lowest BCUT2D eigenvalue weighted by atomic mass is 10.0. The number of fused-ring (bicyclic) bond motifs is 1. The summed E-state index contributed by atoms with van der Waals surface area (Å²) in [6.45, 7) is 1.95. The summed E-state index contributed by atoms with van der Waals surface area (Å²) in [5.41, 5.74) is 11.4. The first-order valence-electron chi connectivity index (χ1n) is 8.74. The van der Waals surface area contributed by atoms with Gasteiger partial charge in [-0.25, -0.2) is 9.37 Å². The first-order chi connectivity index (χ1) is 13.1. The van der Waals surface area contributed by atoms with Crippen LogP contribution in [0.15, 0.2) is 67.0 Å². The van der Waals surface area contributed by atoms with E-state index < -0.39 is 0 Å². The highest BCUT2D eigenvalue weighted by Gasteiger charge is 2.12.